The molecule has 1 aromatic rings. The van der Waals surface area contributed by atoms with Crippen LogP contribution in [0.4, 0.5) is 5.69 Å². The molecule has 1 amide bonds. The Morgan fingerprint density at radius 1 is 1.30 bits per heavy atom. The van der Waals surface area contributed by atoms with Gasteiger partial charge in [0.2, 0.25) is 0 Å². The quantitative estimate of drug-likeness (QED) is 0.788. The van der Waals surface area contributed by atoms with Crippen molar-refractivity contribution in [2.45, 2.75) is 33.0 Å². The Bertz CT molecular complexity index is 578. The molecule has 2 atom stereocenters. The lowest BCUT2D eigenvalue weighted by Crippen LogP contribution is -3.16. The van der Waals surface area contributed by atoms with E-state index >= 15 is 0 Å². The molecule has 0 unspecified atom stereocenters. The molecule has 1 heterocycles. The summed E-state index contributed by atoms with van der Waals surface area (Å²) in [6.45, 7) is 7.97. The van der Waals surface area contributed by atoms with Crippen LogP contribution in [0.25, 0.3) is 0 Å². The average Bonchev–Trinajstić information content (AvgIpc) is 2.47. The summed E-state index contributed by atoms with van der Waals surface area (Å²) in [4.78, 5) is 25.1. The SMILES string of the molecule is COC(=O)c1ccc(C)c(NC(=O)C[NH+]2C[C@H](C)O[C@@H](C)C2)c1. The summed E-state index contributed by atoms with van der Waals surface area (Å²) in [6, 6.07) is 5.14. The lowest BCUT2D eigenvalue weighted by molar-refractivity contribution is -0.907. The molecule has 6 nitrogen and oxygen atoms in total. The van der Waals surface area contributed by atoms with Crippen molar-refractivity contribution in [1.29, 1.82) is 0 Å². The van der Waals surface area contributed by atoms with Crippen LogP contribution >= 0.6 is 0 Å². The van der Waals surface area contributed by atoms with Crippen molar-refractivity contribution in [3.05, 3.63) is 29.3 Å². The van der Waals surface area contributed by atoms with Crippen LogP contribution in [-0.4, -0.2) is 50.8 Å². The van der Waals surface area contributed by atoms with Gasteiger partial charge in [0.25, 0.3) is 5.91 Å². The Labute approximate surface area is 136 Å². The number of carbonyl (C=O) groups excluding carboxylic acids is 2. The average molecular weight is 321 g/mol. The molecule has 2 rings (SSSR count). The summed E-state index contributed by atoms with van der Waals surface area (Å²) >= 11 is 0. The Hall–Kier alpha value is -1.92. The van der Waals surface area contributed by atoms with Gasteiger partial charge in [-0.1, -0.05) is 6.07 Å². The fraction of sp³-hybridized carbons (Fsp3) is 0.529. The summed E-state index contributed by atoms with van der Waals surface area (Å²) < 4.78 is 10.4. The Balaban J connectivity index is 2.01. The lowest BCUT2D eigenvalue weighted by atomic mass is 10.1. The van der Waals surface area contributed by atoms with Crippen LogP contribution in [0, 0.1) is 6.92 Å². The van der Waals surface area contributed by atoms with E-state index in [0.29, 0.717) is 17.8 Å². The normalized spacial score (nSPS) is 24.1. The maximum atomic E-state index is 12.3. The number of ether oxygens (including phenoxy) is 2. The van der Waals surface area contributed by atoms with E-state index in [1.165, 1.54) is 12.0 Å². The largest absolute Gasteiger partial charge is 0.465 e. The molecule has 6 heteroatoms. The molecule has 0 bridgehead atoms. The van der Waals surface area contributed by atoms with Crippen molar-refractivity contribution in [3.63, 3.8) is 0 Å². The van der Waals surface area contributed by atoms with E-state index in [4.69, 9.17) is 9.47 Å². The molecule has 1 aromatic carbocycles. The molecule has 0 saturated carbocycles. The monoisotopic (exact) mass is 321 g/mol. The van der Waals surface area contributed by atoms with Crippen LogP contribution in [0.15, 0.2) is 18.2 Å². The van der Waals surface area contributed by atoms with Crippen LogP contribution in [0.3, 0.4) is 0 Å². The first-order chi connectivity index (χ1) is 10.9. The van der Waals surface area contributed by atoms with Gasteiger partial charge >= 0.3 is 5.97 Å². The van der Waals surface area contributed by atoms with Crippen molar-refractivity contribution in [2.75, 3.05) is 32.1 Å². The molecule has 1 fully saturated rings. The highest BCUT2D eigenvalue weighted by atomic mass is 16.5. The molecule has 0 radical (unpaired) electrons. The number of benzene rings is 1. The Kier molecular flexibility index (Phi) is 5.74. The molecule has 1 aliphatic rings. The van der Waals surface area contributed by atoms with Crippen molar-refractivity contribution in [1.82, 2.24) is 0 Å². The van der Waals surface area contributed by atoms with Gasteiger partial charge in [0.05, 0.1) is 12.7 Å². The third kappa shape index (κ3) is 4.77. The molecule has 0 spiro atoms. The van der Waals surface area contributed by atoms with Crippen LogP contribution < -0.4 is 10.2 Å². The number of morpholine rings is 1. The zero-order valence-corrected chi connectivity index (χ0v) is 14.1. The minimum absolute atomic E-state index is 0.0635. The minimum Gasteiger partial charge on any atom is -0.465 e. The topological polar surface area (TPSA) is 69.1 Å². The van der Waals surface area contributed by atoms with Gasteiger partial charge in [0, 0.05) is 5.69 Å². The van der Waals surface area contributed by atoms with Gasteiger partial charge < -0.3 is 19.7 Å². The Morgan fingerprint density at radius 2 is 1.96 bits per heavy atom. The van der Waals surface area contributed by atoms with Crippen LogP contribution in [0.2, 0.25) is 0 Å². The second-order valence-electron chi connectivity index (χ2n) is 6.16. The predicted molar refractivity (Wildman–Crippen MR) is 86.7 cm³/mol. The van der Waals surface area contributed by atoms with Crippen LogP contribution in [0.5, 0.6) is 0 Å². The maximum Gasteiger partial charge on any atom is 0.337 e. The second kappa shape index (κ2) is 7.57. The van der Waals surface area contributed by atoms with Gasteiger partial charge in [0.1, 0.15) is 25.3 Å². The number of hydrogen-bond acceptors (Lipinski definition) is 4. The highest BCUT2D eigenvalue weighted by Crippen LogP contribution is 2.17. The summed E-state index contributed by atoms with van der Waals surface area (Å²) in [5.41, 5.74) is 1.98. The number of carbonyl (C=O) groups is 2. The number of esters is 1. The third-order valence-electron chi connectivity index (χ3n) is 3.96. The van der Waals surface area contributed by atoms with Crippen LogP contribution in [-0.2, 0) is 14.3 Å². The van der Waals surface area contributed by atoms with Gasteiger partial charge in [0.15, 0.2) is 6.54 Å². The van der Waals surface area contributed by atoms with Gasteiger partial charge in [-0.15, -0.1) is 0 Å². The van der Waals surface area contributed by atoms with Crippen molar-refractivity contribution >= 4 is 17.6 Å². The fourth-order valence-corrected chi connectivity index (χ4v) is 2.96. The van der Waals surface area contributed by atoms with E-state index in [1.54, 1.807) is 18.2 Å². The molecule has 0 aromatic heterocycles. The van der Waals surface area contributed by atoms with Crippen LogP contribution in [0.1, 0.15) is 29.8 Å². The van der Waals surface area contributed by atoms with E-state index in [0.717, 1.165) is 18.7 Å². The summed E-state index contributed by atoms with van der Waals surface area (Å²) in [5.74, 6) is -0.478. The summed E-state index contributed by atoms with van der Waals surface area (Å²) in [7, 11) is 1.34. The minimum atomic E-state index is -0.415. The first-order valence-corrected chi connectivity index (χ1v) is 7.87. The van der Waals surface area contributed by atoms with Gasteiger partial charge in [-0.05, 0) is 38.5 Å². The summed E-state index contributed by atoms with van der Waals surface area (Å²) in [5, 5.41) is 2.90. The second-order valence-corrected chi connectivity index (χ2v) is 6.16. The van der Waals surface area contributed by atoms with Crippen molar-refractivity contribution in [2.24, 2.45) is 0 Å². The molecular formula is C17H25N2O4+. The number of nitrogens with one attached hydrogen (secondary N) is 2. The fourth-order valence-electron chi connectivity index (χ4n) is 2.96. The standard InChI is InChI=1S/C17H24N2O4/c1-11-5-6-14(17(21)22-4)7-15(11)18-16(20)10-19-8-12(2)23-13(3)9-19/h5-7,12-13H,8-10H2,1-4H3,(H,18,20)/p+1/t12-,13-/m0/s1. The number of hydrogen-bond donors (Lipinski definition) is 2. The highest BCUT2D eigenvalue weighted by molar-refractivity contribution is 5.95. The number of anilines is 1. The zero-order valence-electron chi connectivity index (χ0n) is 14.1. The molecule has 2 N–H and O–H groups in total. The van der Waals surface area contributed by atoms with E-state index in [2.05, 4.69) is 5.32 Å². The highest BCUT2D eigenvalue weighted by Gasteiger charge is 2.27. The number of amides is 1. The van der Waals surface area contributed by atoms with Gasteiger partial charge in [-0.2, -0.15) is 0 Å². The molecule has 1 saturated heterocycles. The number of rotatable bonds is 4. The predicted octanol–water partition coefficient (Wildman–Crippen LogP) is 0.412. The first kappa shape index (κ1) is 17.4. The van der Waals surface area contributed by atoms with Crippen molar-refractivity contribution < 1.29 is 24.0 Å². The smallest absolute Gasteiger partial charge is 0.337 e. The summed E-state index contributed by atoms with van der Waals surface area (Å²) in [6.07, 6.45) is 0.317. The first-order valence-electron chi connectivity index (χ1n) is 7.87. The van der Waals surface area contributed by atoms with Crippen molar-refractivity contribution in [3.8, 4) is 0 Å². The molecular weight excluding hydrogens is 296 g/mol. The van der Waals surface area contributed by atoms with E-state index in [1.807, 2.05) is 20.8 Å². The number of methoxy groups -OCH3 is 1. The van der Waals surface area contributed by atoms with E-state index < -0.39 is 5.97 Å². The Morgan fingerprint density at radius 3 is 2.57 bits per heavy atom. The maximum absolute atomic E-state index is 12.3. The molecule has 126 valence electrons. The zero-order chi connectivity index (χ0) is 17.0. The lowest BCUT2D eigenvalue weighted by Gasteiger charge is -2.31. The van der Waals surface area contributed by atoms with Gasteiger partial charge in [-0.3, -0.25) is 4.79 Å². The van der Waals surface area contributed by atoms with E-state index in [9.17, 15) is 9.59 Å². The molecule has 0 aliphatic carbocycles. The van der Waals surface area contributed by atoms with Gasteiger partial charge in [-0.25, -0.2) is 4.79 Å². The third-order valence-corrected chi connectivity index (χ3v) is 3.96. The molecule has 1 aliphatic heterocycles. The van der Waals surface area contributed by atoms with E-state index in [-0.39, 0.29) is 18.1 Å². The molecule has 23 heavy (non-hydrogen) atoms. The number of aryl methyl sites for hydroxylation is 1. The number of quaternary nitrogens is 1.